The first-order valence-electron chi connectivity index (χ1n) is 29.1. The monoisotopic (exact) mass is 1360 g/mol. The number of rotatable bonds is 13. The van der Waals surface area contributed by atoms with Crippen LogP contribution in [0.5, 0.6) is 0 Å². The molecule has 8 aromatic rings. The number of benzene rings is 1. The number of thiazole rings is 6. The first-order chi connectivity index (χ1) is 44.2. The molecule has 0 spiro atoms. The lowest BCUT2D eigenvalue weighted by atomic mass is 9.79. The van der Waals surface area contributed by atoms with Crippen molar-refractivity contribution in [2.45, 2.75) is 109 Å². The number of fused-ring (bicyclic) bond motifs is 14. The summed E-state index contributed by atoms with van der Waals surface area (Å²) in [5.41, 5.74) is 2.33. The Morgan fingerprint density at radius 1 is 0.674 bits per heavy atom. The number of carbonyl (C=O) groups is 8. The Balaban J connectivity index is 0.974. The maximum absolute atomic E-state index is 14.4. The van der Waals surface area contributed by atoms with Gasteiger partial charge in [-0.25, -0.2) is 39.7 Å². The SMILES string of the molecule is CNC(=O)C[C@@H]1NC(=O)c2csc(n2)-c2ccc(-c3nc(N(C(=O)OC4CCC(C(=O)O)CC4)C4CC(C(=O)O)C4)cs3)nc2-c2csc(n2)-c2csc(n2)[C@H]([C@@H](O)c2ccccc2)NC(=O)CNC(=O)c2nc(sc2COC)C(C(C)C)NC(=O)c2nc1sc2C. The number of carbonyl (C=O) groups excluding carboxylic acids is 6. The molecule has 480 valence electrons. The summed E-state index contributed by atoms with van der Waals surface area (Å²) in [4.78, 5) is 144. The van der Waals surface area contributed by atoms with Gasteiger partial charge in [-0.2, -0.15) is 0 Å². The number of carboxylic acids is 2. The molecule has 1 aromatic carbocycles. The van der Waals surface area contributed by atoms with E-state index in [9.17, 15) is 53.7 Å². The topological polar surface area (TPSA) is 369 Å². The van der Waals surface area contributed by atoms with Crippen molar-refractivity contribution in [3.8, 4) is 43.4 Å². The molecular formula is C60H61N13O13S6. The number of methoxy groups -OCH3 is 1. The van der Waals surface area contributed by atoms with Crippen LogP contribution in [-0.2, 0) is 35.3 Å². The van der Waals surface area contributed by atoms with E-state index in [1.165, 1.54) is 41.7 Å². The van der Waals surface area contributed by atoms with Crippen LogP contribution in [0, 0.1) is 24.7 Å². The van der Waals surface area contributed by atoms with E-state index < -0.39 is 102 Å². The van der Waals surface area contributed by atoms with Gasteiger partial charge >= 0.3 is 18.0 Å². The van der Waals surface area contributed by atoms with E-state index >= 15 is 0 Å². The Labute approximate surface area is 549 Å². The number of carboxylic acid groups (broad SMARTS) is 2. The molecular weight excluding hydrogens is 1300 g/mol. The molecule has 0 saturated heterocycles. The van der Waals surface area contributed by atoms with Gasteiger partial charge in [0.25, 0.3) is 17.7 Å². The van der Waals surface area contributed by atoms with Gasteiger partial charge in [0.15, 0.2) is 0 Å². The minimum absolute atomic E-state index is 0.0119. The maximum Gasteiger partial charge on any atom is 0.416 e. The lowest BCUT2D eigenvalue weighted by Gasteiger charge is -2.40. The summed E-state index contributed by atoms with van der Waals surface area (Å²) < 4.78 is 11.4. The van der Waals surface area contributed by atoms with Gasteiger partial charge in [-0.1, -0.05) is 44.2 Å². The molecule has 26 nitrogen and oxygen atoms in total. The third kappa shape index (κ3) is 14.3. The molecule has 2 aliphatic carbocycles. The minimum atomic E-state index is -1.31. The number of hydrogen-bond donors (Lipinski definition) is 8. The van der Waals surface area contributed by atoms with Crippen LogP contribution in [-0.4, -0.2) is 131 Å². The van der Waals surface area contributed by atoms with E-state index in [1.54, 1.807) is 70.9 Å². The lowest BCUT2D eigenvalue weighted by Crippen LogP contribution is -2.51. The summed E-state index contributed by atoms with van der Waals surface area (Å²) in [6.07, 6.45) is -1.13. The van der Waals surface area contributed by atoms with Crippen molar-refractivity contribution in [3.05, 3.63) is 111 Å². The molecule has 10 bridgehead atoms. The number of hydrogen-bond acceptors (Lipinski definition) is 24. The Morgan fingerprint density at radius 3 is 2.08 bits per heavy atom. The molecule has 3 aliphatic rings. The number of aliphatic hydroxyl groups excluding tert-OH is 1. The molecule has 32 heteroatoms. The Bertz CT molecular complexity index is 4090. The second kappa shape index (κ2) is 28.2. The summed E-state index contributed by atoms with van der Waals surface area (Å²) in [6.45, 7) is 4.89. The number of nitrogens with one attached hydrogen (secondary N) is 5. The van der Waals surface area contributed by atoms with Gasteiger partial charge in [0.2, 0.25) is 11.8 Å². The highest BCUT2D eigenvalue weighted by Gasteiger charge is 2.43. The Hall–Kier alpha value is -8.37. The largest absolute Gasteiger partial charge is 0.481 e. The normalized spacial score (nSPS) is 20.8. The number of ether oxygens (including phenoxy) is 2. The van der Waals surface area contributed by atoms with Crippen LogP contribution in [0.15, 0.2) is 64.0 Å². The molecule has 7 aromatic heterocycles. The molecule has 92 heavy (non-hydrogen) atoms. The van der Waals surface area contributed by atoms with Crippen molar-refractivity contribution >= 4 is 121 Å². The average Bonchev–Trinajstić information content (AvgIpc) is 1.67. The van der Waals surface area contributed by atoms with Crippen LogP contribution in [0.3, 0.4) is 0 Å². The number of aliphatic hydroxyl groups is 1. The molecule has 0 radical (unpaired) electrons. The second-order valence-corrected chi connectivity index (χ2v) is 28.2. The van der Waals surface area contributed by atoms with Gasteiger partial charge in [0.05, 0.1) is 54.1 Å². The lowest BCUT2D eigenvalue weighted by molar-refractivity contribution is -0.145. The van der Waals surface area contributed by atoms with E-state index in [2.05, 4.69) is 26.6 Å². The Morgan fingerprint density at radius 2 is 1.36 bits per heavy atom. The molecule has 11 rings (SSSR count). The fourth-order valence-electron chi connectivity index (χ4n) is 10.7. The third-order valence-electron chi connectivity index (χ3n) is 15.8. The number of amides is 6. The van der Waals surface area contributed by atoms with Crippen LogP contribution in [0.25, 0.3) is 43.4 Å². The molecule has 2 fully saturated rings. The molecule has 1 aliphatic heterocycles. The van der Waals surface area contributed by atoms with E-state index in [0.29, 0.717) is 94.4 Å². The van der Waals surface area contributed by atoms with Crippen LogP contribution in [0.1, 0.15) is 145 Å². The van der Waals surface area contributed by atoms with Crippen molar-refractivity contribution in [1.82, 2.24) is 61.5 Å². The molecule has 8 N–H and O–H groups in total. The van der Waals surface area contributed by atoms with Crippen molar-refractivity contribution < 1.29 is 63.1 Å². The summed E-state index contributed by atoms with van der Waals surface area (Å²) >= 11 is 6.99. The van der Waals surface area contributed by atoms with Gasteiger partial charge in [0, 0.05) is 52.2 Å². The van der Waals surface area contributed by atoms with Gasteiger partial charge in [-0.05, 0) is 69.1 Å². The highest BCUT2D eigenvalue weighted by molar-refractivity contribution is 7.15. The summed E-state index contributed by atoms with van der Waals surface area (Å²) in [5, 5.41) is 54.2. The predicted octanol–water partition coefficient (Wildman–Crippen LogP) is 8.76. The van der Waals surface area contributed by atoms with E-state index in [-0.39, 0.29) is 59.7 Å². The van der Waals surface area contributed by atoms with Crippen molar-refractivity contribution in [2.24, 2.45) is 17.8 Å². The number of aromatic nitrogens is 7. The number of anilines is 1. The van der Waals surface area contributed by atoms with Gasteiger partial charge in [0.1, 0.15) is 88.3 Å². The fourth-order valence-corrected chi connectivity index (χ4v) is 16.3. The number of nitrogens with zero attached hydrogens (tertiary/aromatic N) is 8. The zero-order valence-corrected chi connectivity index (χ0v) is 54.8. The molecule has 4 atom stereocenters. The highest BCUT2D eigenvalue weighted by atomic mass is 32.1. The fraction of sp³-hybridized carbons (Fsp3) is 0.383. The van der Waals surface area contributed by atoms with Crippen molar-refractivity contribution in [2.75, 3.05) is 25.6 Å². The molecule has 2 saturated carbocycles. The number of aryl methyl sites for hydroxylation is 1. The first kappa shape index (κ1) is 65.1. The standard InChI is InChI=1S/C60H61N13O13S6/c1-26(2)43-57-72-46(39(92-57)21-85-5)50(78)62-20-42(75)69-47(48(76)28-9-7-6-8-10-28)56-67-38(24-89-56)54-65-36(22-88-54)45-33(52-66-37(23-87-52)49(77)64-35(19-41(74)61-4)55-71-44(27(3)91-55)51(79)70-43)15-16-34(63-45)53-68-40(25-90-53)73(31-17-30(18-31)59(82)83)60(84)86-32-13-11-29(12-14-32)58(80)81/h6-10,15-16,22-26,29-32,35,43,47-48,76H,11-14,17-21H2,1-5H3,(H,61,74)(H,62,78)(H,64,77)(H,69,75)(H,70,79)(H,80,81)(H,82,83)/t29?,30?,31?,32?,35-,43?,47-,48-/m0/s1. The summed E-state index contributed by atoms with van der Waals surface area (Å²) in [7, 11) is 2.92. The quantitative estimate of drug-likeness (QED) is 0.0534. The van der Waals surface area contributed by atoms with Crippen LogP contribution < -0.4 is 31.5 Å². The maximum atomic E-state index is 14.4. The molecule has 1 unspecified atom stereocenters. The van der Waals surface area contributed by atoms with Gasteiger partial charge < -0.3 is 51.4 Å². The summed E-state index contributed by atoms with van der Waals surface area (Å²) in [6, 6.07) is 8.71. The Kier molecular flexibility index (Phi) is 20.0. The number of aliphatic carboxylic acids is 2. The van der Waals surface area contributed by atoms with E-state index in [1.807, 2.05) is 13.8 Å². The van der Waals surface area contributed by atoms with Gasteiger partial charge in [-0.3, -0.25) is 38.5 Å². The second-order valence-electron chi connectivity index (χ2n) is 22.4. The smallest absolute Gasteiger partial charge is 0.416 e. The first-order valence-corrected chi connectivity index (χ1v) is 34.3. The number of pyridine rings is 1. The molecule has 6 amide bonds. The van der Waals surface area contributed by atoms with Crippen molar-refractivity contribution in [3.63, 3.8) is 0 Å². The van der Waals surface area contributed by atoms with Crippen LogP contribution in [0.2, 0.25) is 0 Å². The minimum Gasteiger partial charge on any atom is -0.481 e. The van der Waals surface area contributed by atoms with E-state index in [4.69, 9.17) is 44.4 Å². The predicted molar refractivity (Wildman–Crippen MR) is 343 cm³/mol. The van der Waals surface area contributed by atoms with E-state index in [0.717, 1.165) is 45.3 Å². The van der Waals surface area contributed by atoms with Crippen LogP contribution in [0.4, 0.5) is 10.6 Å². The molecule has 8 heterocycles. The van der Waals surface area contributed by atoms with Gasteiger partial charge in [-0.15, -0.1) is 68.0 Å². The third-order valence-corrected chi connectivity index (χ3v) is 21.5. The average molecular weight is 1360 g/mol. The zero-order valence-electron chi connectivity index (χ0n) is 49.9. The van der Waals surface area contributed by atoms with Crippen molar-refractivity contribution in [1.29, 1.82) is 0 Å². The van der Waals surface area contributed by atoms with Crippen LogP contribution >= 0.6 is 68.0 Å². The zero-order chi connectivity index (χ0) is 65.1. The highest BCUT2D eigenvalue weighted by Crippen LogP contribution is 2.42. The summed E-state index contributed by atoms with van der Waals surface area (Å²) in [5.74, 6) is -6.16.